The second-order valence-electron chi connectivity index (χ2n) is 15.4. The van der Waals surface area contributed by atoms with Crippen molar-refractivity contribution in [2.45, 2.75) is 68.9 Å². The van der Waals surface area contributed by atoms with E-state index in [1.54, 1.807) is 0 Å². The van der Waals surface area contributed by atoms with Crippen LogP contribution in [0.25, 0.3) is 34.4 Å². The summed E-state index contributed by atoms with van der Waals surface area (Å²) in [7, 11) is 0. The summed E-state index contributed by atoms with van der Waals surface area (Å²) in [5.41, 5.74) is 16.9. The van der Waals surface area contributed by atoms with Crippen molar-refractivity contribution in [2.24, 2.45) is 0 Å². The van der Waals surface area contributed by atoms with E-state index in [1.165, 1.54) is 73.2 Å². The monoisotopic (exact) mass is 719 g/mol. The van der Waals surface area contributed by atoms with Gasteiger partial charge in [0, 0.05) is 0 Å². The standard InChI is InChI=1S/2C17H15.C4H8.3CH3.Hf/c2*1-12-6-3-9-15(13(12)2)17-11-5-8-14-7-4-10-16(14)17;1-3-4-2;;;;/h2*3-11H,1-2H3;1H,3-4H2,2H3;3*1H3;. The SMILES string of the molecule is CCC[CH]=[Hf]([CH3])([CH3])([CH3])([CH]1C=Cc2c(-c3cccc(C)c3C)cccc21)[CH]1C=Cc2c(-c3cccc(C)c3C)cccc21. The Morgan fingerprint density at radius 2 is 0.976 bits per heavy atom. The number of unbranched alkanes of at least 4 members (excludes halogenated alkanes) is 1. The summed E-state index contributed by atoms with van der Waals surface area (Å²) < 4.78 is 12.0. The Morgan fingerprint density at radius 1 is 0.571 bits per heavy atom. The van der Waals surface area contributed by atoms with E-state index in [4.69, 9.17) is 0 Å². The quantitative estimate of drug-likeness (QED) is 0.174. The minimum atomic E-state index is -4.48. The van der Waals surface area contributed by atoms with Gasteiger partial charge in [-0.3, -0.25) is 0 Å². The summed E-state index contributed by atoms with van der Waals surface area (Å²) in [4.78, 5) is 0. The van der Waals surface area contributed by atoms with E-state index < -0.39 is 16.5 Å². The van der Waals surface area contributed by atoms with Gasteiger partial charge in [0.2, 0.25) is 0 Å². The molecule has 215 valence electrons. The minimum absolute atomic E-state index is 0.427. The number of rotatable bonds is 6. The third kappa shape index (κ3) is 4.29. The fourth-order valence-electron chi connectivity index (χ4n) is 8.51. The summed E-state index contributed by atoms with van der Waals surface area (Å²) in [6.07, 6.45) is 12.5. The van der Waals surface area contributed by atoms with Crippen LogP contribution in [-0.2, 0) is 16.5 Å². The van der Waals surface area contributed by atoms with Crippen LogP contribution in [0.2, 0.25) is 14.0 Å². The van der Waals surface area contributed by atoms with Crippen molar-refractivity contribution < 1.29 is 16.5 Å². The maximum absolute atomic E-state index is 4.48. The van der Waals surface area contributed by atoms with Gasteiger partial charge in [-0.05, 0) is 0 Å². The molecule has 0 spiro atoms. The van der Waals surface area contributed by atoms with E-state index in [0.717, 1.165) is 6.42 Å². The van der Waals surface area contributed by atoms with Crippen LogP contribution in [0, 0.1) is 27.7 Å². The van der Waals surface area contributed by atoms with Gasteiger partial charge >= 0.3 is 253 Å². The molecule has 0 fully saturated rings. The molecule has 0 amide bonds. The second-order valence-corrected chi connectivity index (χ2v) is 54.4. The Hall–Kier alpha value is -2.90. The Labute approximate surface area is 251 Å². The predicted octanol–water partition coefficient (Wildman–Crippen LogP) is 12.1. The Morgan fingerprint density at radius 3 is 1.40 bits per heavy atom. The third-order valence-corrected chi connectivity index (χ3v) is 40.8. The van der Waals surface area contributed by atoms with Gasteiger partial charge in [-0.15, -0.1) is 0 Å². The Kier molecular flexibility index (Phi) is 6.82. The number of fused-ring (bicyclic) bond motifs is 2. The molecule has 2 atom stereocenters. The zero-order chi connectivity index (χ0) is 29.9. The first-order chi connectivity index (χ1) is 19.9. The van der Waals surface area contributed by atoms with E-state index in [0.29, 0.717) is 7.35 Å². The van der Waals surface area contributed by atoms with E-state index in [-0.39, 0.29) is 0 Å². The Bertz CT molecular complexity index is 1760. The van der Waals surface area contributed by atoms with Crippen molar-refractivity contribution in [3.8, 4) is 22.3 Å². The van der Waals surface area contributed by atoms with Crippen molar-refractivity contribution in [1.29, 1.82) is 0 Å². The number of benzene rings is 4. The molecular formula is C41H47Hf. The first kappa shape index (κ1) is 29.2. The van der Waals surface area contributed by atoms with Gasteiger partial charge in [0.25, 0.3) is 0 Å². The molecule has 0 bridgehead atoms. The topological polar surface area (TPSA) is 0 Å². The van der Waals surface area contributed by atoms with E-state index in [2.05, 4.69) is 150 Å². The van der Waals surface area contributed by atoms with Gasteiger partial charge in [-0.25, -0.2) is 0 Å². The summed E-state index contributed by atoms with van der Waals surface area (Å²) in [6, 6.07) is 27.7. The van der Waals surface area contributed by atoms with Crippen molar-refractivity contribution in [3.63, 3.8) is 0 Å². The average molecular weight is 718 g/mol. The van der Waals surface area contributed by atoms with Crippen LogP contribution in [0.5, 0.6) is 0 Å². The summed E-state index contributed by atoms with van der Waals surface area (Å²) in [6.45, 7) is 11.3. The van der Waals surface area contributed by atoms with Crippen molar-refractivity contribution >= 4 is 15.9 Å². The number of hydrogen-bond acceptors (Lipinski definition) is 0. The van der Waals surface area contributed by atoms with Gasteiger partial charge in [-0.1, -0.05) is 0 Å². The van der Waals surface area contributed by atoms with Crippen LogP contribution in [0.1, 0.15) is 71.6 Å². The Balaban J connectivity index is 1.56. The zero-order valence-electron chi connectivity index (χ0n) is 26.9. The molecule has 0 saturated heterocycles. The molecule has 2 aliphatic carbocycles. The van der Waals surface area contributed by atoms with E-state index in [9.17, 15) is 0 Å². The summed E-state index contributed by atoms with van der Waals surface area (Å²) >= 11 is -4.48. The first-order valence-corrected chi connectivity index (χ1v) is 32.9. The molecule has 0 nitrogen and oxygen atoms in total. The first-order valence-electron chi connectivity index (χ1n) is 15.9. The van der Waals surface area contributed by atoms with Gasteiger partial charge in [-0.2, -0.15) is 0 Å². The van der Waals surface area contributed by atoms with Crippen molar-refractivity contribution in [2.75, 3.05) is 0 Å². The van der Waals surface area contributed by atoms with E-state index >= 15 is 0 Å². The van der Waals surface area contributed by atoms with Crippen molar-refractivity contribution in [1.82, 2.24) is 0 Å². The van der Waals surface area contributed by atoms with Gasteiger partial charge in [0.05, 0.1) is 0 Å². The van der Waals surface area contributed by atoms with Crippen LogP contribution in [0.4, 0.5) is 0 Å². The maximum atomic E-state index is 2.89. The number of aryl methyl sites for hydroxylation is 2. The molecule has 42 heavy (non-hydrogen) atoms. The molecule has 4 aromatic rings. The number of hydrogen-bond donors (Lipinski definition) is 0. The summed E-state index contributed by atoms with van der Waals surface area (Å²) in [5.74, 6) is 0. The third-order valence-electron chi connectivity index (χ3n) is 11.5. The molecule has 0 radical (unpaired) electrons. The molecular weight excluding hydrogens is 671 g/mol. The fraction of sp³-hybridized carbons (Fsp3) is 0.293. The van der Waals surface area contributed by atoms with Crippen LogP contribution in [0.3, 0.4) is 0 Å². The normalized spacial score (nSPS) is 18.9. The molecule has 2 unspecified atom stereocenters. The van der Waals surface area contributed by atoms with E-state index in [1.807, 2.05) is 0 Å². The molecule has 4 aromatic carbocycles. The summed E-state index contributed by atoms with van der Waals surface area (Å²) in [5, 5.41) is 0. The van der Waals surface area contributed by atoms with Crippen LogP contribution in [0.15, 0.2) is 84.9 Å². The van der Waals surface area contributed by atoms with Gasteiger partial charge in [0.1, 0.15) is 0 Å². The van der Waals surface area contributed by atoms with Crippen molar-refractivity contribution in [3.05, 3.63) is 129 Å². The molecule has 0 aliphatic heterocycles. The molecule has 0 N–H and O–H groups in total. The average Bonchev–Trinajstić information content (AvgIpc) is 3.62. The number of allylic oxidation sites excluding steroid dienone is 2. The molecule has 0 aromatic heterocycles. The predicted molar refractivity (Wildman–Crippen MR) is 185 cm³/mol. The fourth-order valence-corrected chi connectivity index (χ4v) is 34.6. The van der Waals surface area contributed by atoms with Crippen LogP contribution < -0.4 is 0 Å². The molecule has 2 aliphatic rings. The van der Waals surface area contributed by atoms with Crippen LogP contribution in [-0.4, -0.2) is 3.76 Å². The zero-order valence-corrected chi connectivity index (χ0v) is 30.5. The molecule has 1 heteroatoms. The second kappa shape index (κ2) is 9.81. The molecule has 0 saturated carbocycles. The van der Waals surface area contributed by atoms with Gasteiger partial charge < -0.3 is 0 Å². The molecule has 0 heterocycles. The van der Waals surface area contributed by atoms with Crippen LogP contribution >= 0.6 is 0 Å². The molecule has 6 rings (SSSR count). The van der Waals surface area contributed by atoms with Gasteiger partial charge in [0.15, 0.2) is 0 Å².